The Bertz CT molecular complexity index is 437. The maximum Gasteiger partial charge on any atom is 0.153 e. The van der Waals surface area contributed by atoms with Crippen LogP contribution in [0.1, 0.15) is 26.2 Å². The van der Waals surface area contributed by atoms with Gasteiger partial charge in [0.15, 0.2) is 11.6 Å². The smallest absolute Gasteiger partial charge is 0.153 e. The Labute approximate surface area is 107 Å². The van der Waals surface area contributed by atoms with Crippen molar-refractivity contribution >= 4 is 27.5 Å². The maximum absolute atomic E-state index is 13.6. The lowest BCUT2D eigenvalue weighted by atomic mass is 10.1. The van der Waals surface area contributed by atoms with E-state index >= 15 is 0 Å². The lowest BCUT2D eigenvalue weighted by Crippen LogP contribution is -2.36. The van der Waals surface area contributed by atoms with Crippen LogP contribution in [0.15, 0.2) is 21.6 Å². The van der Waals surface area contributed by atoms with Crippen molar-refractivity contribution in [3.63, 3.8) is 0 Å². The molecule has 0 spiro atoms. The molecule has 1 aliphatic heterocycles. The van der Waals surface area contributed by atoms with Gasteiger partial charge >= 0.3 is 0 Å². The lowest BCUT2D eigenvalue weighted by Gasteiger charge is -2.22. The molecule has 1 fully saturated rings. The minimum atomic E-state index is -0.649. The van der Waals surface area contributed by atoms with Gasteiger partial charge in [-0.15, -0.1) is 0 Å². The summed E-state index contributed by atoms with van der Waals surface area (Å²) in [6, 6.07) is 2.74. The van der Waals surface area contributed by atoms with Crippen molar-refractivity contribution in [1.82, 2.24) is 5.32 Å². The van der Waals surface area contributed by atoms with Gasteiger partial charge in [-0.1, -0.05) is 15.9 Å². The van der Waals surface area contributed by atoms with Gasteiger partial charge in [-0.3, -0.25) is 0 Å². The predicted molar refractivity (Wildman–Crippen MR) is 67.6 cm³/mol. The summed E-state index contributed by atoms with van der Waals surface area (Å²) < 4.78 is 27.5. The highest BCUT2D eigenvalue weighted by molar-refractivity contribution is 9.10. The van der Waals surface area contributed by atoms with Gasteiger partial charge in [-0.2, -0.15) is 0 Å². The molecule has 1 aromatic carbocycles. The normalized spacial score (nSPS) is 22.6. The SMILES string of the molecule is C[C@@H]1CCC/C(=N\c2c(F)cc(Br)cc2F)N1. The number of piperidine rings is 1. The lowest BCUT2D eigenvalue weighted by molar-refractivity contribution is 0.538. The van der Waals surface area contributed by atoms with Crippen LogP contribution in [0.4, 0.5) is 14.5 Å². The fraction of sp³-hybridized carbons (Fsp3) is 0.417. The second kappa shape index (κ2) is 5.12. The van der Waals surface area contributed by atoms with Crippen molar-refractivity contribution < 1.29 is 8.78 Å². The number of aliphatic imine (C=N–C) groups is 1. The number of rotatable bonds is 1. The molecule has 0 amide bonds. The van der Waals surface area contributed by atoms with E-state index in [2.05, 4.69) is 26.2 Å². The summed E-state index contributed by atoms with van der Waals surface area (Å²) in [6.07, 6.45) is 2.79. The summed E-state index contributed by atoms with van der Waals surface area (Å²) in [5.74, 6) is -0.641. The Morgan fingerprint density at radius 3 is 2.59 bits per heavy atom. The van der Waals surface area contributed by atoms with E-state index in [0.29, 0.717) is 16.4 Å². The molecule has 2 rings (SSSR count). The molecule has 17 heavy (non-hydrogen) atoms. The molecular formula is C12H13BrF2N2. The molecule has 0 bridgehead atoms. The zero-order valence-electron chi connectivity index (χ0n) is 9.43. The van der Waals surface area contributed by atoms with Gasteiger partial charge < -0.3 is 5.32 Å². The molecule has 0 aliphatic carbocycles. The second-order valence-electron chi connectivity index (χ2n) is 4.21. The van der Waals surface area contributed by atoms with Gasteiger partial charge in [-0.25, -0.2) is 13.8 Å². The summed E-state index contributed by atoms with van der Waals surface area (Å²) in [4.78, 5) is 4.04. The fourth-order valence-electron chi connectivity index (χ4n) is 1.87. The molecule has 92 valence electrons. The Morgan fingerprint density at radius 1 is 1.35 bits per heavy atom. The summed E-state index contributed by atoms with van der Waals surface area (Å²) in [5.41, 5.74) is -0.218. The Balaban J connectivity index is 2.31. The molecule has 0 aromatic heterocycles. The summed E-state index contributed by atoms with van der Waals surface area (Å²) in [6.45, 7) is 2.03. The van der Waals surface area contributed by atoms with Gasteiger partial charge in [-0.05, 0) is 31.9 Å². The quantitative estimate of drug-likeness (QED) is 0.835. The van der Waals surface area contributed by atoms with E-state index in [-0.39, 0.29) is 5.69 Å². The number of amidine groups is 1. The highest BCUT2D eigenvalue weighted by Gasteiger charge is 2.15. The first-order chi connectivity index (χ1) is 8.06. The molecule has 1 heterocycles. The highest BCUT2D eigenvalue weighted by Crippen LogP contribution is 2.27. The van der Waals surface area contributed by atoms with Crippen molar-refractivity contribution in [3.05, 3.63) is 28.2 Å². The third kappa shape index (κ3) is 3.03. The number of nitrogens with zero attached hydrogens (tertiary/aromatic N) is 1. The Hall–Kier alpha value is -0.970. The van der Waals surface area contributed by atoms with E-state index in [4.69, 9.17) is 0 Å². The van der Waals surface area contributed by atoms with Gasteiger partial charge in [0.2, 0.25) is 0 Å². The minimum absolute atomic E-state index is 0.218. The molecule has 0 saturated carbocycles. The van der Waals surface area contributed by atoms with E-state index in [1.165, 1.54) is 12.1 Å². The van der Waals surface area contributed by atoms with E-state index in [9.17, 15) is 8.78 Å². The third-order valence-corrected chi connectivity index (χ3v) is 3.15. The zero-order chi connectivity index (χ0) is 12.4. The average Bonchev–Trinajstić information content (AvgIpc) is 2.23. The van der Waals surface area contributed by atoms with Crippen LogP contribution in [0.5, 0.6) is 0 Å². The van der Waals surface area contributed by atoms with Gasteiger partial charge in [0, 0.05) is 16.9 Å². The van der Waals surface area contributed by atoms with Crippen LogP contribution in [0.25, 0.3) is 0 Å². The van der Waals surface area contributed by atoms with Crippen molar-refractivity contribution in [1.29, 1.82) is 0 Å². The van der Waals surface area contributed by atoms with Gasteiger partial charge in [0.05, 0.1) is 0 Å². The number of nitrogens with one attached hydrogen (secondary N) is 1. The highest BCUT2D eigenvalue weighted by atomic mass is 79.9. The summed E-state index contributed by atoms with van der Waals surface area (Å²) in [7, 11) is 0. The predicted octanol–water partition coefficient (Wildman–Crippen LogP) is 3.92. The molecule has 1 atom stereocenters. The molecule has 0 radical (unpaired) electrons. The maximum atomic E-state index is 13.6. The molecule has 1 aromatic rings. The van der Waals surface area contributed by atoms with Crippen molar-refractivity contribution in [2.45, 2.75) is 32.2 Å². The molecule has 5 heteroatoms. The van der Waals surface area contributed by atoms with Crippen LogP contribution < -0.4 is 5.32 Å². The van der Waals surface area contributed by atoms with E-state index < -0.39 is 11.6 Å². The minimum Gasteiger partial charge on any atom is -0.371 e. The van der Waals surface area contributed by atoms with Crippen molar-refractivity contribution in [2.24, 2.45) is 4.99 Å². The van der Waals surface area contributed by atoms with Crippen LogP contribution in [0.3, 0.4) is 0 Å². The first-order valence-corrected chi connectivity index (χ1v) is 6.34. The topological polar surface area (TPSA) is 24.4 Å². The number of halogens is 3. The Morgan fingerprint density at radius 2 is 2.00 bits per heavy atom. The second-order valence-corrected chi connectivity index (χ2v) is 5.13. The first-order valence-electron chi connectivity index (χ1n) is 5.55. The van der Waals surface area contributed by atoms with E-state index in [1.807, 2.05) is 6.92 Å². The Kier molecular flexibility index (Phi) is 3.76. The van der Waals surface area contributed by atoms with Crippen LogP contribution >= 0.6 is 15.9 Å². The van der Waals surface area contributed by atoms with Crippen molar-refractivity contribution in [3.8, 4) is 0 Å². The van der Waals surface area contributed by atoms with E-state index in [0.717, 1.165) is 19.3 Å². The summed E-state index contributed by atoms with van der Waals surface area (Å²) >= 11 is 3.04. The standard InChI is InChI=1S/C12H13BrF2N2/c1-7-3-2-4-11(16-7)17-12-9(14)5-8(13)6-10(12)15/h5-7H,2-4H2,1H3,(H,16,17)/t7-/m1/s1. The van der Waals surface area contributed by atoms with Gasteiger partial charge in [0.25, 0.3) is 0 Å². The fourth-order valence-corrected chi connectivity index (χ4v) is 2.27. The zero-order valence-corrected chi connectivity index (χ0v) is 11.0. The van der Waals surface area contributed by atoms with Gasteiger partial charge in [0.1, 0.15) is 11.5 Å². The molecule has 2 nitrogen and oxygen atoms in total. The van der Waals surface area contributed by atoms with Crippen LogP contribution in [-0.2, 0) is 0 Å². The van der Waals surface area contributed by atoms with Crippen LogP contribution in [0.2, 0.25) is 0 Å². The molecule has 1 saturated heterocycles. The molecule has 1 N–H and O–H groups in total. The number of benzene rings is 1. The van der Waals surface area contributed by atoms with Crippen molar-refractivity contribution in [2.75, 3.05) is 0 Å². The molecular weight excluding hydrogens is 290 g/mol. The monoisotopic (exact) mass is 302 g/mol. The number of hydrogen-bond donors (Lipinski definition) is 1. The molecule has 1 aliphatic rings. The molecule has 0 unspecified atom stereocenters. The van der Waals surface area contributed by atoms with Crippen LogP contribution in [-0.4, -0.2) is 11.9 Å². The first kappa shape index (κ1) is 12.5. The third-order valence-electron chi connectivity index (χ3n) is 2.69. The van der Waals surface area contributed by atoms with E-state index in [1.54, 1.807) is 0 Å². The van der Waals surface area contributed by atoms with Crippen LogP contribution in [0, 0.1) is 11.6 Å². The average molecular weight is 303 g/mol. The summed E-state index contributed by atoms with van der Waals surface area (Å²) in [5, 5.41) is 3.14. The largest absolute Gasteiger partial charge is 0.371 e. The number of hydrogen-bond acceptors (Lipinski definition) is 1.